The van der Waals surface area contributed by atoms with Crippen molar-refractivity contribution in [2.24, 2.45) is 0 Å². The van der Waals surface area contributed by atoms with Crippen molar-refractivity contribution in [3.63, 3.8) is 0 Å². The largest absolute Gasteiger partial charge is 0.334 e. The van der Waals surface area contributed by atoms with Gasteiger partial charge in [-0.15, -0.1) is 0 Å². The number of nitrogens with one attached hydrogen (secondary N) is 1. The Morgan fingerprint density at radius 1 is 1.12 bits per heavy atom. The third-order valence-electron chi connectivity index (χ3n) is 3.89. The van der Waals surface area contributed by atoms with Crippen LogP contribution in [-0.2, 0) is 4.79 Å². The van der Waals surface area contributed by atoms with E-state index in [1.54, 1.807) is 0 Å². The van der Waals surface area contributed by atoms with E-state index in [9.17, 15) is 4.79 Å². The standard InChI is InChI=1S/C20H21N3O2/c1-3-4-8-18(24)21-17-7-5-6-16(13-17)20-22-19(23-25-20)15-11-9-14(2)10-12-15/h5-7,9-13H,3-4,8H2,1-2H3,(H,21,24). The number of aryl methyl sites for hydroxylation is 1. The van der Waals surface area contributed by atoms with E-state index in [0.717, 1.165) is 29.7 Å². The van der Waals surface area contributed by atoms with Gasteiger partial charge in [-0.2, -0.15) is 4.98 Å². The highest BCUT2D eigenvalue weighted by molar-refractivity contribution is 5.91. The van der Waals surface area contributed by atoms with Gasteiger partial charge in [0.2, 0.25) is 11.7 Å². The minimum absolute atomic E-state index is 0.0184. The highest BCUT2D eigenvalue weighted by Gasteiger charge is 2.11. The van der Waals surface area contributed by atoms with E-state index in [0.29, 0.717) is 18.1 Å². The zero-order valence-electron chi connectivity index (χ0n) is 14.5. The Balaban J connectivity index is 1.77. The first-order valence-corrected chi connectivity index (χ1v) is 8.47. The molecule has 1 amide bonds. The Kier molecular flexibility index (Phi) is 5.23. The highest BCUT2D eigenvalue weighted by Crippen LogP contribution is 2.24. The lowest BCUT2D eigenvalue weighted by Crippen LogP contribution is -2.10. The molecule has 2 aromatic carbocycles. The second kappa shape index (κ2) is 7.75. The average molecular weight is 335 g/mol. The monoisotopic (exact) mass is 335 g/mol. The van der Waals surface area contributed by atoms with Crippen molar-refractivity contribution in [3.05, 3.63) is 54.1 Å². The normalized spacial score (nSPS) is 10.6. The molecule has 1 aromatic heterocycles. The number of amides is 1. The Morgan fingerprint density at radius 2 is 1.92 bits per heavy atom. The first kappa shape index (κ1) is 16.9. The molecule has 0 unspecified atom stereocenters. The van der Waals surface area contributed by atoms with Gasteiger partial charge in [0.15, 0.2) is 0 Å². The van der Waals surface area contributed by atoms with Crippen LogP contribution in [0.4, 0.5) is 5.69 Å². The molecule has 5 heteroatoms. The lowest BCUT2D eigenvalue weighted by atomic mass is 10.1. The number of carbonyl (C=O) groups is 1. The van der Waals surface area contributed by atoms with Crippen LogP contribution in [-0.4, -0.2) is 16.0 Å². The second-order valence-electron chi connectivity index (χ2n) is 6.02. The molecule has 3 aromatic rings. The molecule has 0 spiro atoms. The smallest absolute Gasteiger partial charge is 0.258 e. The lowest BCUT2D eigenvalue weighted by Gasteiger charge is -2.05. The van der Waals surface area contributed by atoms with Crippen LogP contribution >= 0.6 is 0 Å². The number of hydrogen-bond donors (Lipinski definition) is 1. The van der Waals surface area contributed by atoms with Crippen LogP contribution in [0.5, 0.6) is 0 Å². The molecule has 25 heavy (non-hydrogen) atoms. The van der Waals surface area contributed by atoms with Gasteiger partial charge < -0.3 is 9.84 Å². The van der Waals surface area contributed by atoms with Crippen molar-refractivity contribution in [2.75, 3.05) is 5.32 Å². The van der Waals surface area contributed by atoms with E-state index >= 15 is 0 Å². The molecule has 0 aliphatic carbocycles. The SMILES string of the molecule is CCCCC(=O)Nc1cccc(-c2nc(-c3ccc(C)cc3)no2)c1. The number of unbranched alkanes of at least 4 members (excludes halogenated alkanes) is 1. The molecular weight excluding hydrogens is 314 g/mol. The summed E-state index contributed by atoms with van der Waals surface area (Å²) in [6.07, 6.45) is 2.41. The topological polar surface area (TPSA) is 68.0 Å². The maximum atomic E-state index is 11.9. The molecule has 3 rings (SSSR count). The van der Waals surface area contributed by atoms with Crippen LogP contribution in [0.3, 0.4) is 0 Å². The Morgan fingerprint density at radius 3 is 2.68 bits per heavy atom. The molecule has 0 aliphatic heterocycles. The van der Waals surface area contributed by atoms with E-state index in [1.165, 1.54) is 5.56 Å². The third kappa shape index (κ3) is 4.32. The zero-order chi connectivity index (χ0) is 17.6. The van der Waals surface area contributed by atoms with Gasteiger partial charge >= 0.3 is 0 Å². The Bertz CT molecular complexity index is 853. The van der Waals surface area contributed by atoms with Crippen LogP contribution in [0.25, 0.3) is 22.8 Å². The molecule has 0 aliphatic rings. The lowest BCUT2D eigenvalue weighted by molar-refractivity contribution is -0.116. The van der Waals surface area contributed by atoms with Gasteiger partial charge in [0.25, 0.3) is 5.89 Å². The van der Waals surface area contributed by atoms with Gasteiger partial charge in [-0.25, -0.2) is 0 Å². The molecule has 0 saturated heterocycles. The summed E-state index contributed by atoms with van der Waals surface area (Å²) in [6, 6.07) is 15.4. The highest BCUT2D eigenvalue weighted by atomic mass is 16.5. The van der Waals surface area contributed by atoms with E-state index in [4.69, 9.17) is 4.52 Å². The first-order valence-electron chi connectivity index (χ1n) is 8.47. The summed E-state index contributed by atoms with van der Waals surface area (Å²) in [5.74, 6) is 0.998. The molecule has 0 saturated carbocycles. The van der Waals surface area contributed by atoms with Gasteiger partial charge in [-0.3, -0.25) is 4.79 Å². The Labute approximate surface area is 147 Å². The van der Waals surface area contributed by atoms with Gasteiger partial charge in [0.05, 0.1) is 0 Å². The number of nitrogens with zero attached hydrogens (tertiary/aromatic N) is 2. The van der Waals surface area contributed by atoms with Crippen molar-refractivity contribution >= 4 is 11.6 Å². The van der Waals surface area contributed by atoms with Crippen LogP contribution in [0, 0.1) is 6.92 Å². The van der Waals surface area contributed by atoms with E-state index in [1.807, 2.05) is 55.5 Å². The molecule has 5 nitrogen and oxygen atoms in total. The van der Waals surface area contributed by atoms with Gasteiger partial charge in [-0.1, -0.05) is 54.4 Å². The predicted octanol–water partition coefficient (Wildman–Crippen LogP) is 4.84. The number of rotatable bonds is 6. The fourth-order valence-corrected chi connectivity index (χ4v) is 2.45. The average Bonchev–Trinajstić information content (AvgIpc) is 3.11. The van der Waals surface area contributed by atoms with E-state index < -0.39 is 0 Å². The fourth-order valence-electron chi connectivity index (χ4n) is 2.45. The van der Waals surface area contributed by atoms with Gasteiger partial charge in [0.1, 0.15) is 0 Å². The van der Waals surface area contributed by atoms with Crippen molar-refractivity contribution < 1.29 is 9.32 Å². The van der Waals surface area contributed by atoms with Gasteiger partial charge in [0, 0.05) is 23.2 Å². The summed E-state index contributed by atoms with van der Waals surface area (Å²) in [5.41, 5.74) is 3.59. The van der Waals surface area contributed by atoms with Crippen LogP contribution in [0.15, 0.2) is 53.1 Å². The van der Waals surface area contributed by atoms with Crippen LogP contribution in [0.1, 0.15) is 31.7 Å². The van der Waals surface area contributed by atoms with Crippen molar-refractivity contribution in [1.29, 1.82) is 0 Å². The molecule has 1 heterocycles. The maximum Gasteiger partial charge on any atom is 0.258 e. The quantitative estimate of drug-likeness (QED) is 0.700. The van der Waals surface area contributed by atoms with Crippen molar-refractivity contribution in [2.45, 2.75) is 33.1 Å². The van der Waals surface area contributed by atoms with Gasteiger partial charge in [-0.05, 0) is 31.5 Å². The number of benzene rings is 2. The summed E-state index contributed by atoms with van der Waals surface area (Å²) < 4.78 is 5.39. The second-order valence-corrected chi connectivity index (χ2v) is 6.02. The van der Waals surface area contributed by atoms with Crippen LogP contribution in [0.2, 0.25) is 0 Å². The van der Waals surface area contributed by atoms with E-state index in [-0.39, 0.29) is 5.91 Å². The molecule has 128 valence electrons. The molecular formula is C20H21N3O2. The summed E-state index contributed by atoms with van der Waals surface area (Å²) in [6.45, 7) is 4.10. The van der Waals surface area contributed by atoms with E-state index in [2.05, 4.69) is 22.4 Å². The van der Waals surface area contributed by atoms with Crippen molar-refractivity contribution in [1.82, 2.24) is 10.1 Å². The predicted molar refractivity (Wildman–Crippen MR) is 98.1 cm³/mol. The zero-order valence-corrected chi connectivity index (χ0v) is 14.5. The summed E-state index contributed by atoms with van der Waals surface area (Å²) >= 11 is 0. The number of carbonyl (C=O) groups excluding carboxylic acids is 1. The molecule has 0 bridgehead atoms. The first-order chi connectivity index (χ1) is 12.2. The molecule has 0 radical (unpaired) electrons. The summed E-state index contributed by atoms with van der Waals surface area (Å²) in [4.78, 5) is 16.3. The van der Waals surface area contributed by atoms with Crippen LogP contribution < -0.4 is 5.32 Å². The summed E-state index contributed by atoms with van der Waals surface area (Å²) in [5, 5.41) is 6.95. The maximum absolute atomic E-state index is 11.9. The summed E-state index contributed by atoms with van der Waals surface area (Å²) in [7, 11) is 0. The minimum atomic E-state index is 0.0184. The number of aromatic nitrogens is 2. The number of hydrogen-bond acceptors (Lipinski definition) is 4. The third-order valence-corrected chi connectivity index (χ3v) is 3.89. The fraction of sp³-hybridized carbons (Fsp3) is 0.250. The van der Waals surface area contributed by atoms with Crippen molar-refractivity contribution in [3.8, 4) is 22.8 Å². The Hall–Kier alpha value is -2.95. The minimum Gasteiger partial charge on any atom is -0.334 e. The molecule has 0 atom stereocenters. The molecule has 1 N–H and O–H groups in total. The number of anilines is 1. The molecule has 0 fully saturated rings.